The average Bonchev–Trinajstić information content (AvgIpc) is 3.20. The van der Waals surface area contributed by atoms with E-state index in [1.165, 1.54) is 0 Å². The number of amides is 1. The van der Waals surface area contributed by atoms with Gasteiger partial charge in [-0.1, -0.05) is 30.3 Å². The van der Waals surface area contributed by atoms with Crippen LogP contribution in [0.4, 0.5) is 0 Å². The lowest BCUT2D eigenvalue weighted by Crippen LogP contribution is -2.43. The fraction of sp³-hybridized carbons (Fsp3) is 0.474. The smallest absolute Gasteiger partial charge is 0.257 e. The van der Waals surface area contributed by atoms with E-state index in [0.717, 1.165) is 41.9 Å². The van der Waals surface area contributed by atoms with Crippen molar-refractivity contribution >= 4 is 5.91 Å². The molecule has 1 aromatic carbocycles. The van der Waals surface area contributed by atoms with Crippen LogP contribution in [-0.2, 0) is 28.2 Å². The van der Waals surface area contributed by atoms with Gasteiger partial charge in [-0.05, 0) is 39.2 Å². The Bertz CT molecular complexity index is 716. The van der Waals surface area contributed by atoms with Crippen LogP contribution in [0.5, 0.6) is 0 Å². The molecular weight excluding hydrogens is 302 g/mol. The van der Waals surface area contributed by atoms with Gasteiger partial charge in [-0.3, -0.25) is 9.48 Å². The molecular formula is C19H25N3O2. The summed E-state index contributed by atoms with van der Waals surface area (Å²) < 4.78 is 7.90. The van der Waals surface area contributed by atoms with Crippen LogP contribution in [-0.4, -0.2) is 22.3 Å². The fourth-order valence-electron chi connectivity index (χ4n) is 3.49. The van der Waals surface area contributed by atoms with Crippen molar-refractivity contribution in [1.29, 1.82) is 0 Å². The van der Waals surface area contributed by atoms with Crippen molar-refractivity contribution in [3.8, 4) is 0 Å². The van der Waals surface area contributed by atoms with Crippen LogP contribution in [0.1, 0.15) is 42.3 Å². The maximum absolute atomic E-state index is 13.0. The third-order valence-electron chi connectivity index (χ3n) is 4.89. The molecule has 24 heavy (non-hydrogen) atoms. The van der Waals surface area contributed by atoms with E-state index in [4.69, 9.17) is 4.74 Å². The second-order valence-electron chi connectivity index (χ2n) is 6.29. The van der Waals surface area contributed by atoms with E-state index in [2.05, 4.69) is 17.3 Å². The Hall–Kier alpha value is -2.14. The zero-order valence-electron chi connectivity index (χ0n) is 14.6. The van der Waals surface area contributed by atoms with E-state index in [9.17, 15) is 4.79 Å². The van der Waals surface area contributed by atoms with Crippen molar-refractivity contribution in [2.24, 2.45) is 0 Å². The Labute approximate surface area is 143 Å². The molecule has 3 rings (SSSR count). The number of hydrogen-bond acceptors (Lipinski definition) is 3. The minimum Gasteiger partial charge on any atom is -0.360 e. The highest BCUT2D eigenvalue weighted by atomic mass is 16.5. The van der Waals surface area contributed by atoms with Crippen molar-refractivity contribution in [1.82, 2.24) is 15.1 Å². The Morgan fingerprint density at radius 2 is 2.08 bits per heavy atom. The molecule has 1 aliphatic rings. The van der Waals surface area contributed by atoms with E-state index in [1.54, 1.807) is 0 Å². The van der Waals surface area contributed by atoms with Gasteiger partial charge in [0.25, 0.3) is 5.91 Å². The highest BCUT2D eigenvalue weighted by molar-refractivity contribution is 5.87. The summed E-state index contributed by atoms with van der Waals surface area (Å²) >= 11 is 0. The summed E-state index contributed by atoms with van der Waals surface area (Å²) in [5, 5.41) is 7.60. The highest BCUT2D eigenvalue weighted by Crippen LogP contribution is 2.36. The molecule has 2 aromatic rings. The zero-order valence-corrected chi connectivity index (χ0v) is 14.6. The van der Waals surface area contributed by atoms with Gasteiger partial charge in [0.1, 0.15) is 0 Å². The lowest BCUT2D eigenvalue weighted by atomic mass is 9.89. The summed E-state index contributed by atoms with van der Waals surface area (Å²) in [5.41, 5.74) is 3.24. The minimum absolute atomic E-state index is 0.0609. The number of benzene rings is 1. The molecule has 0 spiro atoms. The lowest BCUT2D eigenvalue weighted by molar-refractivity contribution is -0.142. The number of rotatable bonds is 5. The molecule has 1 aromatic heterocycles. The van der Waals surface area contributed by atoms with Gasteiger partial charge in [-0.25, -0.2) is 0 Å². The Morgan fingerprint density at radius 1 is 1.33 bits per heavy atom. The number of aryl methyl sites for hydroxylation is 2. The molecule has 1 N–H and O–H groups in total. The van der Waals surface area contributed by atoms with E-state index in [0.29, 0.717) is 13.2 Å². The fourth-order valence-corrected chi connectivity index (χ4v) is 3.49. The number of carbonyl (C=O) groups excluding carboxylic acids is 1. The minimum atomic E-state index is -0.857. The first kappa shape index (κ1) is 16.7. The molecule has 1 saturated heterocycles. The van der Waals surface area contributed by atoms with Crippen molar-refractivity contribution < 1.29 is 9.53 Å². The van der Waals surface area contributed by atoms with Crippen LogP contribution in [0.15, 0.2) is 30.3 Å². The second kappa shape index (κ2) is 6.77. The first-order chi connectivity index (χ1) is 11.6. The third-order valence-corrected chi connectivity index (χ3v) is 4.89. The SMILES string of the molecule is CCn1nc(C)c(CNC(=O)C2(c3ccccc3)CCCO2)c1C. The van der Waals surface area contributed by atoms with Gasteiger partial charge < -0.3 is 10.1 Å². The number of hydrogen-bond donors (Lipinski definition) is 1. The number of nitrogens with zero attached hydrogens (tertiary/aromatic N) is 2. The molecule has 0 bridgehead atoms. The van der Waals surface area contributed by atoms with Crippen LogP contribution in [0.2, 0.25) is 0 Å². The highest BCUT2D eigenvalue weighted by Gasteiger charge is 2.44. The van der Waals surface area contributed by atoms with Gasteiger partial charge in [0.05, 0.1) is 5.69 Å². The maximum Gasteiger partial charge on any atom is 0.257 e. The molecule has 1 atom stereocenters. The second-order valence-corrected chi connectivity index (χ2v) is 6.29. The normalized spacial score (nSPS) is 20.3. The third kappa shape index (κ3) is 2.84. The molecule has 5 nitrogen and oxygen atoms in total. The van der Waals surface area contributed by atoms with E-state index < -0.39 is 5.60 Å². The average molecular weight is 327 g/mol. The molecule has 1 amide bonds. The first-order valence-corrected chi connectivity index (χ1v) is 8.59. The van der Waals surface area contributed by atoms with Crippen molar-refractivity contribution in [2.45, 2.75) is 52.3 Å². The number of ether oxygens (including phenoxy) is 1. The van der Waals surface area contributed by atoms with Gasteiger partial charge in [0, 0.05) is 31.0 Å². The summed E-state index contributed by atoms with van der Waals surface area (Å²) in [7, 11) is 0. The molecule has 5 heteroatoms. The van der Waals surface area contributed by atoms with Crippen LogP contribution in [0, 0.1) is 13.8 Å². The standard InChI is InChI=1S/C19H25N3O2/c1-4-22-15(3)17(14(2)21-22)13-20-18(23)19(11-8-12-24-19)16-9-6-5-7-10-16/h5-7,9-10H,4,8,11-13H2,1-3H3,(H,20,23). The van der Waals surface area contributed by atoms with Crippen molar-refractivity contribution in [3.05, 3.63) is 52.8 Å². The molecule has 1 fully saturated rings. The summed E-state index contributed by atoms with van der Waals surface area (Å²) in [6.45, 7) is 8.03. The van der Waals surface area contributed by atoms with Gasteiger partial charge in [-0.15, -0.1) is 0 Å². The van der Waals surface area contributed by atoms with Crippen LogP contribution >= 0.6 is 0 Å². The molecule has 0 aliphatic carbocycles. The van der Waals surface area contributed by atoms with Crippen molar-refractivity contribution in [3.63, 3.8) is 0 Å². The van der Waals surface area contributed by atoms with Crippen LogP contribution < -0.4 is 5.32 Å². The zero-order chi connectivity index (χ0) is 17.2. The number of aromatic nitrogens is 2. The van der Waals surface area contributed by atoms with Crippen LogP contribution in [0.3, 0.4) is 0 Å². The Kier molecular flexibility index (Phi) is 4.71. The monoisotopic (exact) mass is 327 g/mol. The summed E-state index contributed by atoms with van der Waals surface area (Å²) in [5.74, 6) is -0.0609. The quantitative estimate of drug-likeness (QED) is 0.919. The Morgan fingerprint density at radius 3 is 2.67 bits per heavy atom. The van der Waals surface area contributed by atoms with Crippen molar-refractivity contribution in [2.75, 3.05) is 6.61 Å². The first-order valence-electron chi connectivity index (χ1n) is 8.59. The molecule has 128 valence electrons. The maximum atomic E-state index is 13.0. The number of carbonyl (C=O) groups is 1. The summed E-state index contributed by atoms with van der Waals surface area (Å²) in [4.78, 5) is 13.0. The molecule has 1 aliphatic heterocycles. The van der Waals surface area contributed by atoms with Gasteiger partial charge >= 0.3 is 0 Å². The van der Waals surface area contributed by atoms with Gasteiger partial charge in [0.2, 0.25) is 0 Å². The largest absolute Gasteiger partial charge is 0.360 e. The summed E-state index contributed by atoms with van der Waals surface area (Å²) in [6, 6.07) is 9.79. The Balaban J connectivity index is 1.80. The predicted molar refractivity (Wildman–Crippen MR) is 92.5 cm³/mol. The van der Waals surface area contributed by atoms with Crippen LogP contribution in [0.25, 0.3) is 0 Å². The molecule has 2 heterocycles. The topological polar surface area (TPSA) is 56.2 Å². The summed E-state index contributed by atoms with van der Waals surface area (Å²) in [6.07, 6.45) is 1.61. The van der Waals surface area contributed by atoms with E-state index in [-0.39, 0.29) is 5.91 Å². The number of nitrogens with one attached hydrogen (secondary N) is 1. The van der Waals surface area contributed by atoms with Gasteiger partial charge in [-0.2, -0.15) is 5.10 Å². The molecule has 0 saturated carbocycles. The van der Waals surface area contributed by atoms with E-state index in [1.807, 2.05) is 48.9 Å². The predicted octanol–water partition coefficient (Wildman–Crippen LogP) is 2.84. The van der Waals surface area contributed by atoms with E-state index >= 15 is 0 Å². The lowest BCUT2D eigenvalue weighted by Gasteiger charge is -2.27. The molecule has 1 unspecified atom stereocenters. The molecule has 0 radical (unpaired) electrons. The van der Waals surface area contributed by atoms with Gasteiger partial charge in [0.15, 0.2) is 5.60 Å².